The number of hydrogen-bond donors (Lipinski definition) is 0. The molecule has 0 saturated carbocycles. The van der Waals surface area contributed by atoms with Gasteiger partial charge in [0, 0.05) is 44.7 Å². The van der Waals surface area contributed by atoms with E-state index in [0.29, 0.717) is 45.7 Å². The number of fused-ring (bicyclic) bond motifs is 1. The number of ether oxygens (including phenoxy) is 1. The Hall–Kier alpha value is -3.19. The van der Waals surface area contributed by atoms with E-state index in [4.69, 9.17) is 9.72 Å². The summed E-state index contributed by atoms with van der Waals surface area (Å²) in [6.07, 6.45) is 2.66. The summed E-state index contributed by atoms with van der Waals surface area (Å²) >= 11 is 0. The van der Waals surface area contributed by atoms with Crippen LogP contribution in [0, 0.1) is 5.92 Å². The Bertz CT molecular complexity index is 1120. The maximum Gasteiger partial charge on any atom is 0.227 e. The largest absolute Gasteiger partial charge is 0.378 e. The Morgan fingerprint density at radius 1 is 0.939 bits per heavy atom. The number of para-hydroxylation sites is 3. The highest BCUT2D eigenvalue weighted by Crippen LogP contribution is 2.24. The smallest absolute Gasteiger partial charge is 0.227 e. The minimum absolute atomic E-state index is 0.0983. The van der Waals surface area contributed by atoms with Crippen LogP contribution in [0.3, 0.4) is 0 Å². The lowest BCUT2D eigenvalue weighted by atomic mass is 9.96. The molecule has 2 saturated heterocycles. The molecule has 0 bridgehead atoms. The highest BCUT2D eigenvalue weighted by Gasteiger charge is 2.31. The van der Waals surface area contributed by atoms with Gasteiger partial charge >= 0.3 is 0 Å². The first-order valence-electron chi connectivity index (χ1n) is 11.9. The van der Waals surface area contributed by atoms with Crippen molar-refractivity contribution in [2.24, 2.45) is 5.92 Å². The lowest BCUT2D eigenvalue weighted by Gasteiger charge is -2.36. The summed E-state index contributed by atoms with van der Waals surface area (Å²) < 4.78 is 7.51. The molecule has 33 heavy (non-hydrogen) atoms. The van der Waals surface area contributed by atoms with Gasteiger partial charge in [0.05, 0.1) is 30.2 Å². The minimum atomic E-state index is -0.102. The zero-order chi connectivity index (χ0) is 22.6. The Balaban J connectivity index is 1.28. The number of benzene rings is 2. The van der Waals surface area contributed by atoms with Gasteiger partial charge < -0.3 is 14.5 Å². The van der Waals surface area contributed by atoms with E-state index in [2.05, 4.69) is 22.8 Å². The zero-order valence-electron chi connectivity index (χ0n) is 18.9. The normalized spacial score (nSPS) is 19.1. The predicted octanol–water partition coefficient (Wildman–Crippen LogP) is 3.06. The fourth-order valence-electron chi connectivity index (χ4n) is 4.93. The van der Waals surface area contributed by atoms with E-state index >= 15 is 0 Å². The molecule has 2 fully saturated rings. The van der Waals surface area contributed by atoms with Gasteiger partial charge in [0.15, 0.2) is 0 Å². The zero-order valence-corrected chi connectivity index (χ0v) is 18.9. The van der Waals surface area contributed by atoms with E-state index in [1.54, 1.807) is 0 Å². The summed E-state index contributed by atoms with van der Waals surface area (Å²) in [5.74, 6) is 1.05. The van der Waals surface area contributed by atoms with Crippen LogP contribution in [-0.4, -0.2) is 70.6 Å². The van der Waals surface area contributed by atoms with Crippen LogP contribution >= 0.6 is 0 Å². The summed E-state index contributed by atoms with van der Waals surface area (Å²) in [6.45, 7) is 3.75. The molecule has 0 aliphatic carbocycles. The molecule has 0 spiro atoms. The summed E-state index contributed by atoms with van der Waals surface area (Å²) in [5.41, 5.74) is 3.01. The predicted molar refractivity (Wildman–Crippen MR) is 126 cm³/mol. The van der Waals surface area contributed by atoms with Crippen LogP contribution < -0.4 is 0 Å². The molecule has 3 heterocycles. The Labute approximate surface area is 193 Å². The molecular formula is C26H30N4O3. The second-order valence-corrected chi connectivity index (χ2v) is 8.80. The van der Waals surface area contributed by atoms with Crippen LogP contribution in [0.2, 0.25) is 0 Å². The molecule has 1 atom stereocenters. The highest BCUT2D eigenvalue weighted by atomic mass is 16.5. The van der Waals surface area contributed by atoms with Crippen LogP contribution in [0.15, 0.2) is 54.6 Å². The van der Waals surface area contributed by atoms with Crippen molar-refractivity contribution >= 4 is 22.8 Å². The van der Waals surface area contributed by atoms with Crippen molar-refractivity contribution in [1.29, 1.82) is 0 Å². The minimum Gasteiger partial charge on any atom is -0.378 e. The Kier molecular flexibility index (Phi) is 6.39. The lowest BCUT2D eigenvalue weighted by Crippen LogP contribution is -2.49. The number of imidazole rings is 1. The standard InChI is InChI=1S/C26H30N4O3/c31-25(29-14-6-7-20(19-29)26(32)28-15-17-33-18-16-28)13-12-24-27-22-10-4-5-11-23(22)30(24)21-8-2-1-3-9-21/h1-5,8-11,20H,6-7,12-19H2. The quantitative estimate of drug-likeness (QED) is 0.604. The number of aromatic nitrogens is 2. The fraction of sp³-hybridized carbons (Fsp3) is 0.423. The molecule has 1 unspecified atom stereocenters. The second kappa shape index (κ2) is 9.75. The van der Waals surface area contributed by atoms with E-state index in [0.717, 1.165) is 41.9 Å². The molecule has 2 amide bonds. The average molecular weight is 447 g/mol. The molecule has 5 rings (SSSR count). The van der Waals surface area contributed by atoms with Gasteiger partial charge in [-0.05, 0) is 37.1 Å². The molecule has 3 aromatic rings. The third-order valence-corrected chi connectivity index (χ3v) is 6.65. The van der Waals surface area contributed by atoms with Crippen LogP contribution in [0.1, 0.15) is 25.1 Å². The van der Waals surface area contributed by atoms with Crippen molar-refractivity contribution in [2.45, 2.75) is 25.7 Å². The van der Waals surface area contributed by atoms with Gasteiger partial charge in [-0.1, -0.05) is 30.3 Å². The van der Waals surface area contributed by atoms with Crippen molar-refractivity contribution in [3.8, 4) is 5.69 Å². The average Bonchev–Trinajstić information content (AvgIpc) is 3.26. The molecule has 1 aromatic heterocycles. The van der Waals surface area contributed by atoms with Gasteiger partial charge in [0.2, 0.25) is 11.8 Å². The molecule has 2 aromatic carbocycles. The van der Waals surface area contributed by atoms with Gasteiger partial charge in [0.25, 0.3) is 0 Å². The van der Waals surface area contributed by atoms with Crippen molar-refractivity contribution in [1.82, 2.24) is 19.4 Å². The van der Waals surface area contributed by atoms with Gasteiger partial charge in [-0.3, -0.25) is 14.2 Å². The van der Waals surface area contributed by atoms with Crippen molar-refractivity contribution in [3.05, 3.63) is 60.4 Å². The topological polar surface area (TPSA) is 67.7 Å². The van der Waals surface area contributed by atoms with E-state index < -0.39 is 0 Å². The van der Waals surface area contributed by atoms with Crippen LogP contribution in [-0.2, 0) is 20.7 Å². The fourth-order valence-corrected chi connectivity index (χ4v) is 4.93. The molecule has 0 radical (unpaired) electrons. The Morgan fingerprint density at radius 3 is 2.52 bits per heavy atom. The van der Waals surface area contributed by atoms with Crippen molar-refractivity contribution in [2.75, 3.05) is 39.4 Å². The number of carbonyl (C=O) groups is 2. The van der Waals surface area contributed by atoms with Gasteiger partial charge in [-0.2, -0.15) is 0 Å². The molecule has 7 heteroatoms. The maximum absolute atomic E-state index is 13.1. The van der Waals surface area contributed by atoms with Crippen LogP contribution in [0.5, 0.6) is 0 Å². The van der Waals surface area contributed by atoms with Crippen LogP contribution in [0.25, 0.3) is 16.7 Å². The molecule has 0 N–H and O–H groups in total. The van der Waals surface area contributed by atoms with Gasteiger partial charge in [0.1, 0.15) is 5.82 Å². The number of aryl methyl sites for hydroxylation is 1. The third-order valence-electron chi connectivity index (χ3n) is 6.65. The lowest BCUT2D eigenvalue weighted by molar-refractivity contribution is -0.144. The monoisotopic (exact) mass is 446 g/mol. The van der Waals surface area contributed by atoms with Crippen LogP contribution in [0.4, 0.5) is 0 Å². The molecule has 172 valence electrons. The number of carbonyl (C=O) groups excluding carboxylic acids is 2. The highest BCUT2D eigenvalue weighted by molar-refractivity contribution is 5.82. The number of piperidine rings is 1. The number of rotatable bonds is 5. The van der Waals surface area contributed by atoms with Crippen molar-refractivity contribution < 1.29 is 14.3 Å². The first kappa shape index (κ1) is 21.6. The molecule has 2 aliphatic rings. The first-order chi connectivity index (χ1) is 16.2. The molecule has 2 aliphatic heterocycles. The van der Waals surface area contributed by atoms with E-state index in [1.807, 2.05) is 46.2 Å². The van der Waals surface area contributed by atoms with Crippen molar-refractivity contribution in [3.63, 3.8) is 0 Å². The van der Waals surface area contributed by atoms with E-state index in [9.17, 15) is 9.59 Å². The number of amides is 2. The number of likely N-dealkylation sites (tertiary alicyclic amines) is 1. The Morgan fingerprint density at radius 2 is 1.70 bits per heavy atom. The summed E-state index contributed by atoms with van der Waals surface area (Å²) in [5, 5.41) is 0. The number of nitrogens with zero attached hydrogens (tertiary/aromatic N) is 4. The first-order valence-corrected chi connectivity index (χ1v) is 11.9. The summed E-state index contributed by atoms with van der Waals surface area (Å²) in [7, 11) is 0. The molecule has 7 nitrogen and oxygen atoms in total. The number of morpholine rings is 1. The van der Waals surface area contributed by atoms with Gasteiger partial charge in [-0.15, -0.1) is 0 Å². The summed E-state index contributed by atoms with van der Waals surface area (Å²) in [6, 6.07) is 18.2. The van der Waals surface area contributed by atoms with Gasteiger partial charge in [-0.25, -0.2) is 4.98 Å². The van der Waals surface area contributed by atoms with E-state index in [1.165, 1.54) is 0 Å². The maximum atomic E-state index is 13.1. The SMILES string of the molecule is O=C(CCc1nc2ccccc2n1-c1ccccc1)N1CCCC(C(=O)N2CCOCC2)C1. The second-order valence-electron chi connectivity index (χ2n) is 8.80. The molecular weight excluding hydrogens is 416 g/mol. The summed E-state index contributed by atoms with van der Waals surface area (Å²) in [4.78, 5) is 34.6. The van der Waals surface area contributed by atoms with E-state index in [-0.39, 0.29) is 17.7 Å². The number of hydrogen-bond acceptors (Lipinski definition) is 4. The third kappa shape index (κ3) is 4.64.